The highest BCUT2D eigenvalue weighted by Crippen LogP contribution is 2.02. The molecule has 0 radical (unpaired) electrons. The molecule has 0 bridgehead atoms. The van der Waals surface area contributed by atoms with Gasteiger partial charge in [0.1, 0.15) is 6.10 Å². The average Bonchev–Trinajstić information content (AvgIpc) is 2.30. The Morgan fingerprint density at radius 1 is 1.67 bits per heavy atom. The number of carbonyl (C=O) groups excluding carboxylic acids is 1. The van der Waals surface area contributed by atoms with E-state index in [4.69, 9.17) is 4.74 Å². The summed E-state index contributed by atoms with van der Waals surface area (Å²) in [6.07, 6.45) is -0.326. The molecule has 0 aromatic heterocycles. The van der Waals surface area contributed by atoms with E-state index in [1.807, 2.05) is 0 Å². The zero-order valence-electron chi connectivity index (χ0n) is 7.81. The molecule has 1 fully saturated rings. The zero-order valence-corrected chi connectivity index (χ0v) is 7.81. The molecule has 4 nitrogen and oxygen atoms in total. The lowest BCUT2D eigenvalue weighted by Crippen LogP contribution is -2.41. The molecular formula is C8H16N2O2. The van der Waals surface area contributed by atoms with Crippen LogP contribution in [0.5, 0.6) is 0 Å². The monoisotopic (exact) mass is 172 g/mol. The van der Waals surface area contributed by atoms with Gasteiger partial charge in [-0.15, -0.1) is 0 Å². The van der Waals surface area contributed by atoms with Crippen molar-refractivity contribution in [1.29, 1.82) is 0 Å². The molecule has 12 heavy (non-hydrogen) atoms. The predicted octanol–water partition coefficient (Wildman–Crippen LogP) is 0.483. The third-order valence-electron chi connectivity index (χ3n) is 1.61. The van der Waals surface area contributed by atoms with Crippen LogP contribution in [-0.4, -0.2) is 30.8 Å². The topological polar surface area (TPSA) is 50.4 Å². The third-order valence-corrected chi connectivity index (χ3v) is 1.61. The molecule has 0 aliphatic carbocycles. The van der Waals surface area contributed by atoms with Crippen LogP contribution in [0.2, 0.25) is 0 Å². The highest BCUT2D eigenvalue weighted by atomic mass is 16.6. The van der Waals surface area contributed by atoms with E-state index in [-0.39, 0.29) is 17.7 Å². The first-order valence-corrected chi connectivity index (χ1v) is 4.17. The summed E-state index contributed by atoms with van der Waals surface area (Å²) in [5, 5.41) is 5.87. The maximum Gasteiger partial charge on any atom is 0.407 e. The van der Waals surface area contributed by atoms with Crippen LogP contribution in [0.25, 0.3) is 0 Å². The second-order valence-electron chi connectivity index (χ2n) is 4.04. The fourth-order valence-electron chi connectivity index (χ4n) is 0.966. The summed E-state index contributed by atoms with van der Waals surface area (Å²) < 4.78 is 4.94. The minimum Gasteiger partial charge on any atom is -0.443 e. The standard InChI is InChI=1S/C8H16N2O2/c1-8(2,3)10-5-6-4-9-7(11)12-6/h6,10H,4-5H2,1-3H3,(H,9,11). The summed E-state index contributed by atoms with van der Waals surface area (Å²) in [5.74, 6) is 0. The van der Waals surface area contributed by atoms with E-state index in [1.54, 1.807) is 0 Å². The van der Waals surface area contributed by atoms with Gasteiger partial charge in [0.2, 0.25) is 0 Å². The predicted molar refractivity (Wildman–Crippen MR) is 46.0 cm³/mol. The Bertz CT molecular complexity index is 174. The molecule has 70 valence electrons. The van der Waals surface area contributed by atoms with Gasteiger partial charge in [-0.05, 0) is 20.8 Å². The van der Waals surface area contributed by atoms with Gasteiger partial charge in [0.15, 0.2) is 0 Å². The molecule has 0 saturated carbocycles. The van der Waals surface area contributed by atoms with Crippen LogP contribution in [-0.2, 0) is 4.74 Å². The largest absolute Gasteiger partial charge is 0.443 e. The number of nitrogens with one attached hydrogen (secondary N) is 2. The van der Waals surface area contributed by atoms with E-state index in [9.17, 15) is 4.79 Å². The zero-order chi connectivity index (χ0) is 9.19. The third kappa shape index (κ3) is 3.09. The number of alkyl carbamates (subject to hydrolysis) is 1. The number of hydrogen-bond donors (Lipinski definition) is 2. The fraction of sp³-hybridized carbons (Fsp3) is 0.875. The van der Waals surface area contributed by atoms with Crippen LogP contribution < -0.4 is 10.6 Å². The molecule has 1 heterocycles. The van der Waals surface area contributed by atoms with Crippen LogP contribution >= 0.6 is 0 Å². The molecule has 1 rings (SSSR count). The minimum absolute atomic E-state index is 0.0169. The molecule has 1 saturated heterocycles. The number of cyclic esters (lactones) is 1. The van der Waals surface area contributed by atoms with Crippen LogP contribution in [0.3, 0.4) is 0 Å². The molecule has 1 aliphatic rings. The number of amides is 1. The summed E-state index contributed by atoms with van der Waals surface area (Å²) >= 11 is 0. The van der Waals surface area contributed by atoms with Gasteiger partial charge < -0.3 is 15.4 Å². The van der Waals surface area contributed by atoms with E-state index in [1.165, 1.54) is 0 Å². The molecule has 1 aliphatic heterocycles. The molecule has 0 aromatic rings. The Kier molecular flexibility index (Phi) is 2.57. The SMILES string of the molecule is CC(C)(C)NCC1CNC(=O)O1. The number of rotatable bonds is 2. The van der Waals surface area contributed by atoms with Crippen LogP contribution in [0.1, 0.15) is 20.8 Å². The lowest BCUT2D eigenvalue weighted by atomic mass is 10.1. The molecule has 0 aromatic carbocycles. The highest BCUT2D eigenvalue weighted by Gasteiger charge is 2.23. The Morgan fingerprint density at radius 3 is 2.75 bits per heavy atom. The van der Waals surface area contributed by atoms with Crippen molar-refractivity contribution in [2.24, 2.45) is 0 Å². The van der Waals surface area contributed by atoms with Gasteiger partial charge in [-0.1, -0.05) is 0 Å². The Hall–Kier alpha value is -0.770. The van der Waals surface area contributed by atoms with Crippen molar-refractivity contribution in [3.63, 3.8) is 0 Å². The molecule has 1 amide bonds. The quantitative estimate of drug-likeness (QED) is 0.637. The minimum atomic E-state index is -0.310. The number of ether oxygens (including phenoxy) is 1. The summed E-state index contributed by atoms with van der Waals surface area (Å²) in [5.41, 5.74) is 0.0784. The van der Waals surface area contributed by atoms with Gasteiger partial charge in [0.25, 0.3) is 0 Å². The smallest absolute Gasteiger partial charge is 0.407 e. The van der Waals surface area contributed by atoms with Crippen molar-refractivity contribution in [2.75, 3.05) is 13.1 Å². The lowest BCUT2D eigenvalue weighted by molar-refractivity contribution is 0.135. The summed E-state index contributed by atoms with van der Waals surface area (Å²) in [4.78, 5) is 10.6. The van der Waals surface area contributed by atoms with E-state index < -0.39 is 0 Å². The van der Waals surface area contributed by atoms with Crippen molar-refractivity contribution in [3.8, 4) is 0 Å². The van der Waals surface area contributed by atoms with Gasteiger partial charge >= 0.3 is 6.09 Å². The highest BCUT2D eigenvalue weighted by molar-refractivity contribution is 5.69. The van der Waals surface area contributed by atoms with Crippen molar-refractivity contribution >= 4 is 6.09 Å². The van der Waals surface area contributed by atoms with Gasteiger partial charge in [-0.2, -0.15) is 0 Å². The van der Waals surface area contributed by atoms with Crippen LogP contribution in [0.15, 0.2) is 0 Å². The van der Waals surface area contributed by atoms with Gasteiger partial charge in [0.05, 0.1) is 6.54 Å². The van der Waals surface area contributed by atoms with E-state index >= 15 is 0 Å². The van der Waals surface area contributed by atoms with Crippen molar-refractivity contribution in [1.82, 2.24) is 10.6 Å². The Balaban J connectivity index is 2.20. The summed E-state index contributed by atoms with van der Waals surface area (Å²) in [6, 6.07) is 0. The summed E-state index contributed by atoms with van der Waals surface area (Å²) in [6.45, 7) is 7.57. The molecule has 0 spiro atoms. The van der Waals surface area contributed by atoms with Gasteiger partial charge in [-0.3, -0.25) is 0 Å². The number of hydrogen-bond acceptors (Lipinski definition) is 3. The van der Waals surface area contributed by atoms with Gasteiger partial charge in [0, 0.05) is 12.1 Å². The van der Waals surface area contributed by atoms with Gasteiger partial charge in [-0.25, -0.2) is 4.79 Å². The number of carbonyl (C=O) groups is 1. The summed E-state index contributed by atoms with van der Waals surface area (Å²) in [7, 11) is 0. The normalized spacial score (nSPS) is 23.6. The Morgan fingerprint density at radius 2 is 2.33 bits per heavy atom. The van der Waals surface area contributed by atoms with Crippen molar-refractivity contribution in [3.05, 3.63) is 0 Å². The second kappa shape index (κ2) is 3.31. The maximum absolute atomic E-state index is 10.6. The maximum atomic E-state index is 10.6. The van der Waals surface area contributed by atoms with Crippen LogP contribution in [0, 0.1) is 0 Å². The van der Waals surface area contributed by atoms with E-state index in [2.05, 4.69) is 31.4 Å². The first-order chi connectivity index (χ1) is 5.47. The van der Waals surface area contributed by atoms with Crippen LogP contribution in [0.4, 0.5) is 4.79 Å². The van der Waals surface area contributed by atoms with Crippen molar-refractivity contribution < 1.29 is 9.53 Å². The average molecular weight is 172 g/mol. The van der Waals surface area contributed by atoms with Crippen molar-refractivity contribution in [2.45, 2.75) is 32.4 Å². The molecular weight excluding hydrogens is 156 g/mol. The Labute approximate surface area is 72.7 Å². The first-order valence-electron chi connectivity index (χ1n) is 4.17. The van der Waals surface area contributed by atoms with E-state index in [0.717, 1.165) is 0 Å². The molecule has 1 atom stereocenters. The molecule has 4 heteroatoms. The lowest BCUT2D eigenvalue weighted by Gasteiger charge is -2.22. The molecule has 2 N–H and O–H groups in total. The second-order valence-corrected chi connectivity index (χ2v) is 4.04. The fourth-order valence-corrected chi connectivity index (χ4v) is 0.966. The molecule has 1 unspecified atom stereocenters. The first kappa shape index (κ1) is 9.32. The van der Waals surface area contributed by atoms with E-state index in [0.29, 0.717) is 13.1 Å².